The highest BCUT2D eigenvalue weighted by molar-refractivity contribution is 9.10. The van der Waals surface area contributed by atoms with E-state index in [1.54, 1.807) is 36.4 Å². The molecular formula is C18H15BrN4O3S. The van der Waals surface area contributed by atoms with Crippen LogP contribution in [0.3, 0.4) is 0 Å². The molecule has 1 heterocycles. The number of nitrogens with zero attached hydrogens (tertiary/aromatic N) is 3. The van der Waals surface area contributed by atoms with Gasteiger partial charge in [-0.05, 0) is 54.1 Å². The molecule has 2 amide bonds. The molecule has 1 atom stereocenters. The summed E-state index contributed by atoms with van der Waals surface area (Å²) in [5.41, 5.74) is 7.09. The van der Waals surface area contributed by atoms with Crippen molar-refractivity contribution in [2.24, 2.45) is 15.9 Å². The number of carbonyl (C=O) groups excluding carboxylic acids is 2. The lowest BCUT2D eigenvalue weighted by molar-refractivity contribution is -0.121. The Kier molecular flexibility index (Phi) is 5.92. The Labute approximate surface area is 168 Å². The molecule has 3 N–H and O–H groups in total. The smallest absolute Gasteiger partial charge is 0.247 e. The average molecular weight is 447 g/mol. The van der Waals surface area contributed by atoms with Gasteiger partial charge in [-0.25, -0.2) is 4.90 Å². The van der Waals surface area contributed by atoms with E-state index in [1.165, 1.54) is 18.3 Å². The molecule has 1 aliphatic heterocycles. The van der Waals surface area contributed by atoms with Crippen molar-refractivity contribution >= 4 is 56.6 Å². The van der Waals surface area contributed by atoms with Crippen LogP contribution in [0, 0.1) is 0 Å². The molecule has 1 fully saturated rings. The zero-order valence-electron chi connectivity index (χ0n) is 13.9. The van der Waals surface area contributed by atoms with E-state index in [2.05, 4.69) is 26.1 Å². The standard InChI is InChI=1S/C18H15BrN4O3S/c19-12-3-5-13(6-4-12)23-16(25)9-15(17(23)26)27-18(20)22-21-10-11-1-7-14(24)8-2-11/h1-8,10,15,24H,9H2,(H2,20,22)/b21-10+. The van der Waals surface area contributed by atoms with Gasteiger partial charge in [0.15, 0.2) is 5.17 Å². The summed E-state index contributed by atoms with van der Waals surface area (Å²) in [6.07, 6.45) is 1.53. The predicted molar refractivity (Wildman–Crippen MR) is 110 cm³/mol. The second kappa shape index (κ2) is 8.36. The van der Waals surface area contributed by atoms with Crippen molar-refractivity contribution < 1.29 is 14.7 Å². The van der Waals surface area contributed by atoms with Crippen LogP contribution < -0.4 is 10.6 Å². The first kappa shape index (κ1) is 19.1. The van der Waals surface area contributed by atoms with Crippen LogP contribution in [0.4, 0.5) is 5.69 Å². The monoisotopic (exact) mass is 446 g/mol. The van der Waals surface area contributed by atoms with Gasteiger partial charge in [0, 0.05) is 10.9 Å². The van der Waals surface area contributed by atoms with E-state index in [0.29, 0.717) is 5.69 Å². The second-order valence-electron chi connectivity index (χ2n) is 5.63. The van der Waals surface area contributed by atoms with Crippen LogP contribution >= 0.6 is 27.7 Å². The number of phenolic OH excluding ortho intramolecular Hbond substituents is 1. The van der Waals surface area contributed by atoms with Crippen molar-refractivity contribution in [2.75, 3.05) is 4.90 Å². The summed E-state index contributed by atoms with van der Waals surface area (Å²) in [6.45, 7) is 0. The quantitative estimate of drug-likeness (QED) is 0.324. The molecule has 2 aromatic rings. The summed E-state index contributed by atoms with van der Waals surface area (Å²) in [5, 5.41) is 16.4. The van der Waals surface area contributed by atoms with Gasteiger partial charge < -0.3 is 10.8 Å². The lowest BCUT2D eigenvalue weighted by atomic mass is 10.2. The highest BCUT2D eigenvalue weighted by Gasteiger charge is 2.40. The van der Waals surface area contributed by atoms with E-state index >= 15 is 0 Å². The number of amidine groups is 1. The van der Waals surface area contributed by atoms with E-state index in [4.69, 9.17) is 5.73 Å². The first-order chi connectivity index (χ1) is 12.9. The summed E-state index contributed by atoms with van der Waals surface area (Å²) in [7, 11) is 0. The molecule has 138 valence electrons. The molecule has 0 saturated carbocycles. The normalized spacial score (nSPS) is 17.9. The number of amides is 2. The molecule has 27 heavy (non-hydrogen) atoms. The van der Waals surface area contributed by atoms with Crippen molar-refractivity contribution in [1.29, 1.82) is 0 Å². The number of hydrogen-bond donors (Lipinski definition) is 2. The summed E-state index contributed by atoms with van der Waals surface area (Å²) in [6, 6.07) is 13.3. The summed E-state index contributed by atoms with van der Waals surface area (Å²) >= 11 is 4.33. The maximum Gasteiger partial charge on any atom is 0.247 e. The fraction of sp³-hybridized carbons (Fsp3) is 0.111. The highest BCUT2D eigenvalue weighted by Crippen LogP contribution is 2.30. The van der Waals surface area contributed by atoms with Crippen molar-refractivity contribution in [3.05, 3.63) is 58.6 Å². The first-order valence-corrected chi connectivity index (χ1v) is 9.56. The molecule has 1 unspecified atom stereocenters. The van der Waals surface area contributed by atoms with Crippen LogP contribution in [-0.2, 0) is 9.59 Å². The van der Waals surface area contributed by atoms with Gasteiger partial charge in [-0.3, -0.25) is 9.59 Å². The molecule has 0 bridgehead atoms. The lowest BCUT2D eigenvalue weighted by Gasteiger charge is -2.14. The van der Waals surface area contributed by atoms with Crippen molar-refractivity contribution in [3.8, 4) is 5.75 Å². The first-order valence-electron chi connectivity index (χ1n) is 7.88. The zero-order valence-corrected chi connectivity index (χ0v) is 16.4. The van der Waals surface area contributed by atoms with Gasteiger partial charge >= 0.3 is 0 Å². The van der Waals surface area contributed by atoms with Crippen LogP contribution in [0.1, 0.15) is 12.0 Å². The van der Waals surface area contributed by atoms with Crippen LogP contribution in [0.15, 0.2) is 63.2 Å². The number of anilines is 1. The molecule has 0 radical (unpaired) electrons. The zero-order chi connectivity index (χ0) is 19.4. The van der Waals surface area contributed by atoms with E-state index in [-0.39, 0.29) is 29.2 Å². The third-order valence-corrected chi connectivity index (χ3v) is 5.21. The van der Waals surface area contributed by atoms with E-state index < -0.39 is 5.25 Å². The molecule has 0 spiro atoms. The minimum Gasteiger partial charge on any atom is -0.508 e. The fourth-order valence-corrected chi connectivity index (χ4v) is 3.52. The Balaban J connectivity index is 1.64. The number of rotatable bonds is 4. The number of halogens is 1. The number of phenols is 1. The average Bonchev–Trinajstić information content (AvgIpc) is 2.91. The van der Waals surface area contributed by atoms with Gasteiger partial charge in [0.2, 0.25) is 11.8 Å². The number of imide groups is 1. The molecule has 2 aromatic carbocycles. The van der Waals surface area contributed by atoms with E-state index in [0.717, 1.165) is 26.7 Å². The number of carbonyl (C=O) groups is 2. The van der Waals surface area contributed by atoms with Crippen molar-refractivity contribution in [3.63, 3.8) is 0 Å². The van der Waals surface area contributed by atoms with Gasteiger partial charge in [-0.1, -0.05) is 27.7 Å². The molecule has 1 saturated heterocycles. The number of nitrogens with two attached hydrogens (primary N) is 1. The van der Waals surface area contributed by atoms with E-state index in [1.807, 2.05) is 0 Å². The third kappa shape index (κ3) is 4.75. The molecule has 7 nitrogen and oxygen atoms in total. The maximum atomic E-state index is 12.6. The third-order valence-electron chi connectivity index (χ3n) is 3.71. The van der Waals surface area contributed by atoms with Crippen LogP contribution in [0.2, 0.25) is 0 Å². The number of benzene rings is 2. The molecule has 0 aliphatic carbocycles. The Morgan fingerprint density at radius 3 is 2.52 bits per heavy atom. The Hall–Kier alpha value is -2.65. The molecule has 3 rings (SSSR count). The molecule has 1 aliphatic rings. The number of aromatic hydroxyl groups is 1. The summed E-state index contributed by atoms with van der Waals surface area (Å²) in [5.74, 6) is -0.446. The second-order valence-corrected chi connectivity index (χ2v) is 7.77. The Morgan fingerprint density at radius 2 is 1.85 bits per heavy atom. The summed E-state index contributed by atoms with van der Waals surface area (Å²) < 4.78 is 0.860. The minimum atomic E-state index is -0.631. The fourth-order valence-electron chi connectivity index (χ4n) is 2.44. The maximum absolute atomic E-state index is 12.6. The van der Waals surface area contributed by atoms with Crippen molar-refractivity contribution in [2.45, 2.75) is 11.7 Å². The van der Waals surface area contributed by atoms with Crippen LogP contribution in [0.5, 0.6) is 5.75 Å². The van der Waals surface area contributed by atoms with Gasteiger partial charge in [-0.15, -0.1) is 5.10 Å². The minimum absolute atomic E-state index is 0.0530. The molecule has 0 aromatic heterocycles. The van der Waals surface area contributed by atoms with Gasteiger partial charge in [0.05, 0.1) is 11.9 Å². The van der Waals surface area contributed by atoms with Crippen molar-refractivity contribution in [1.82, 2.24) is 0 Å². The SMILES string of the molecule is N/C(=N\N=C\c1ccc(O)cc1)SC1CC(=O)N(c2ccc(Br)cc2)C1=O. The Bertz CT molecular complexity index is 913. The van der Waals surface area contributed by atoms with Gasteiger partial charge in [-0.2, -0.15) is 5.10 Å². The number of thioether (sulfide) groups is 1. The molecule has 9 heteroatoms. The van der Waals surface area contributed by atoms with Crippen LogP contribution in [-0.4, -0.2) is 33.6 Å². The molecular weight excluding hydrogens is 432 g/mol. The Morgan fingerprint density at radius 1 is 1.19 bits per heavy atom. The van der Waals surface area contributed by atoms with Gasteiger partial charge in [0.1, 0.15) is 11.0 Å². The van der Waals surface area contributed by atoms with E-state index in [9.17, 15) is 14.7 Å². The van der Waals surface area contributed by atoms with Crippen LogP contribution in [0.25, 0.3) is 0 Å². The number of hydrogen-bond acceptors (Lipinski definition) is 6. The lowest BCUT2D eigenvalue weighted by Crippen LogP contribution is -2.31. The largest absolute Gasteiger partial charge is 0.508 e. The summed E-state index contributed by atoms with van der Waals surface area (Å²) in [4.78, 5) is 26.0. The predicted octanol–water partition coefficient (Wildman–Crippen LogP) is 2.87. The topological polar surface area (TPSA) is 108 Å². The van der Waals surface area contributed by atoms with Gasteiger partial charge in [0.25, 0.3) is 0 Å². The highest BCUT2D eigenvalue weighted by atomic mass is 79.9.